The van der Waals surface area contributed by atoms with Gasteiger partial charge in [0.15, 0.2) is 0 Å². The number of Topliss-reactive ketones (excluding diaryl/α,β-unsaturated/α-hetero) is 1. The van der Waals surface area contributed by atoms with E-state index in [1.165, 1.54) is 30.7 Å². The molecule has 0 fully saturated rings. The summed E-state index contributed by atoms with van der Waals surface area (Å²) in [5.74, 6) is -2.69. The van der Waals surface area contributed by atoms with E-state index < -0.39 is 29.3 Å². The van der Waals surface area contributed by atoms with Crippen LogP contribution in [-0.2, 0) is 17.4 Å². The van der Waals surface area contributed by atoms with Gasteiger partial charge in [-0.15, -0.1) is 0 Å². The van der Waals surface area contributed by atoms with E-state index in [0.29, 0.717) is 5.56 Å². The minimum atomic E-state index is -4.54. The number of aromatic nitrogens is 2. The number of aryl methyl sites for hydroxylation is 2. The fourth-order valence-electron chi connectivity index (χ4n) is 3.28. The molecule has 33 heavy (non-hydrogen) atoms. The van der Waals surface area contributed by atoms with Crippen molar-refractivity contribution in [2.45, 2.75) is 33.4 Å². The molecule has 2 aromatic carbocycles. The predicted molar refractivity (Wildman–Crippen MR) is 114 cm³/mol. The van der Waals surface area contributed by atoms with Crippen LogP contribution in [-0.4, -0.2) is 27.4 Å². The van der Waals surface area contributed by atoms with E-state index in [2.05, 4.69) is 16.0 Å². The van der Waals surface area contributed by atoms with Crippen molar-refractivity contribution in [3.63, 3.8) is 0 Å². The maximum Gasteiger partial charge on any atom is 0.416 e. The summed E-state index contributed by atoms with van der Waals surface area (Å²) in [6.45, 7) is 4.90. The topological polar surface area (TPSA) is 93.1 Å². The Balaban J connectivity index is 1.77. The molecule has 3 aromatic rings. The largest absolute Gasteiger partial charge is 0.416 e. The van der Waals surface area contributed by atoms with Gasteiger partial charge < -0.3 is 0 Å². The van der Waals surface area contributed by atoms with Gasteiger partial charge in [0.05, 0.1) is 28.2 Å². The fraction of sp³-hybridized carbons (Fsp3) is 0.217. The van der Waals surface area contributed by atoms with Crippen molar-refractivity contribution in [2.24, 2.45) is 0 Å². The highest BCUT2D eigenvalue weighted by Gasteiger charge is 2.31. The highest BCUT2D eigenvalue weighted by Crippen LogP contribution is 2.30. The van der Waals surface area contributed by atoms with Gasteiger partial charge in [-0.3, -0.25) is 25.2 Å². The van der Waals surface area contributed by atoms with Gasteiger partial charge in [-0.25, -0.2) is 4.68 Å². The molecule has 1 aromatic heterocycles. The molecule has 0 radical (unpaired) electrons. The van der Waals surface area contributed by atoms with Gasteiger partial charge in [-0.05, 0) is 56.2 Å². The summed E-state index contributed by atoms with van der Waals surface area (Å²) in [5, 5.41) is 4.13. The number of carbonyl (C=O) groups is 3. The van der Waals surface area contributed by atoms with E-state index in [9.17, 15) is 27.6 Å². The summed E-state index contributed by atoms with van der Waals surface area (Å²) in [6, 6.07) is 11.2. The number of rotatable bonds is 5. The predicted octanol–water partition coefficient (Wildman–Crippen LogP) is 3.71. The third-order valence-corrected chi connectivity index (χ3v) is 5.06. The smallest absolute Gasteiger partial charge is 0.283 e. The molecule has 0 saturated heterocycles. The minimum absolute atomic E-state index is 0.0635. The van der Waals surface area contributed by atoms with Crippen molar-refractivity contribution in [2.75, 3.05) is 0 Å². The molecule has 10 heteroatoms. The minimum Gasteiger partial charge on any atom is -0.283 e. The van der Waals surface area contributed by atoms with Crippen molar-refractivity contribution >= 4 is 17.6 Å². The SMILES string of the molecule is CCc1ccc(C(=O)NNC(=O)C(=O)c2c(C)nn(-c3cccc(C(F)(F)F)c3)c2C)cc1. The molecular weight excluding hydrogens is 437 g/mol. The number of benzene rings is 2. The molecule has 0 aliphatic heterocycles. The average Bonchev–Trinajstić information content (AvgIpc) is 3.10. The monoisotopic (exact) mass is 458 g/mol. The molecule has 2 N–H and O–H groups in total. The Labute approximate surface area is 187 Å². The van der Waals surface area contributed by atoms with Crippen LogP contribution in [0, 0.1) is 13.8 Å². The lowest BCUT2D eigenvalue weighted by Crippen LogP contribution is -2.45. The Morgan fingerprint density at radius 3 is 2.27 bits per heavy atom. The van der Waals surface area contributed by atoms with Crippen LogP contribution in [0.4, 0.5) is 13.2 Å². The van der Waals surface area contributed by atoms with E-state index in [-0.39, 0.29) is 22.6 Å². The zero-order valence-electron chi connectivity index (χ0n) is 18.1. The van der Waals surface area contributed by atoms with E-state index in [1.54, 1.807) is 24.3 Å². The fourth-order valence-corrected chi connectivity index (χ4v) is 3.28. The quantitative estimate of drug-likeness (QED) is 0.346. The lowest BCUT2D eigenvalue weighted by Gasteiger charge is -2.10. The highest BCUT2D eigenvalue weighted by molar-refractivity contribution is 6.43. The third kappa shape index (κ3) is 5.11. The van der Waals surface area contributed by atoms with Crippen LogP contribution in [0.2, 0.25) is 0 Å². The lowest BCUT2D eigenvalue weighted by molar-refractivity contribution is -0.137. The van der Waals surface area contributed by atoms with Crippen LogP contribution < -0.4 is 10.9 Å². The molecule has 0 unspecified atom stereocenters. The summed E-state index contributed by atoms with van der Waals surface area (Å²) in [7, 11) is 0. The van der Waals surface area contributed by atoms with Crippen LogP contribution in [0.15, 0.2) is 48.5 Å². The number of hydrazine groups is 1. The molecule has 0 aliphatic carbocycles. The summed E-state index contributed by atoms with van der Waals surface area (Å²) >= 11 is 0. The van der Waals surface area contributed by atoms with Crippen molar-refractivity contribution in [1.29, 1.82) is 0 Å². The number of carbonyl (C=O) groups excluding carboxylic acids is 3. The Morgan fingerprint density at radius 1 is 1.00 bits per heavy atom. The molecule has 0 saturated carbocycles. The van der Waals surface area contributed by atoms with Gasteiger partial charge in [0.25, 0.3) is 11.7 Å². The summed E-state index contributed by atoms with van der Waals surface area (Å²) in [6.07, 6.45) is -3.74. The highest BCUT2D eigenvalue weighted by atomic mass is 19.4. The molecule has 0 spiro atoms. The van der Waals surface area contributed by atoms with Crippen molar-refractivity contribution < 1.29 is 27.6 Å². The van der Waals surface area contributed by atoms with Gasteiger partial charge in [0.1, 0.15) is 0 Å². The first-order valence-electron chi connectivity index (χ1n) is 10.0. The number of hydrogen-bond acceptors (Lipinski definition) is 4. The zero-order chi connectivity index (χ0) is 24.3. The number of nitrogens with one attached hydrogen (secondary N) is 2. The second-order valence-electron chi connectivity index (χ2n) is 7.29. The molecular formula is C23H21F3N4O3. The Hall–Kier alpha value is -3.95. The molecule has 172 valence electrons. The standard InChI is InChI=1S/C23H21F3N4O3/c1-4-15-8-10-16(11-9-15)21(32)27-28-22(33)20(31)19-13(2)29-30(14(19)3)18-7-5-6-17(12-18)23(24,25)26/h5-12H,4H2,1-3H3,(H,27,32)(H,28,33). The van der Waals surface area contributed by atoms with Crippen molar-refractivity contribution in [1.82, 2.24) is 20.6 Å². The van der Waals surface area contributed by atoms with Crippen molar-refractivity contribution in [3.05, 3.63) is 82.2 Å². The number of nitrogens with zero attached hydrogens (tertiary/aromatic N) is 2. The van der Waals surface area contributed by atoms with Gasteiger partial charge in [0, 0.05) is 5.56 Å². The van der Waals surface area contributed by atoms with Gasteiger partial charge >= 0.3 is 12.1 Å². The maximum atomic E-state index is 13.0. The molecule has 1 heterocycles. The summed E-state index contributed by atoms with van der Waals surface area (Å²) in [4.78, 5) is 37.2. The van der Waals surface area contributed by atoms with E-state index in [0.717, 1.165) is 24.1 Å². The summed E-state index contributed by atoms with van der Waals surface area (Å²) in [5.41, 5.74) is 5.08. The van der Waals surface area contributed by atoms with Gasteiger partial charge in [0.2, 0.25) is 0 Å². The lowest BCUT2D eigenvalue weighted by atomic mass is 10.1. The number of alkyl halides is 3. The third-order valence-electron chi connectivity index (χ3n) is 5.06. The first kappa shape index (κ1) is 23.7. The van der Waals surface area contributed by atoms with E-state index >= 15 is 0 Å². The van der Waals surface area contributed by atoms with Crippen LogP contribution >= 0.6 is 0 Å². The Morgan fingerprint density at radius 2 is 1.67 bits per heavy atom. The zero-order valence-corrected chi connectivity index (χ0v) is 18.1. The van der Waals surface area contributed by atoms with E-state index in [1.807, 2.05) is 6.92 Å². The first-order chi connectivity index (χ1) is 15.5. The second-order valence-corrected chi connectivity index (χ2v) is 7.29. The second kappa shape index (κ2) is 9.27. The van der Waals surface area contributed by atoms with Crippen LogP contribution in [0.1, 0.15) is 50.2 Å². The van der Waals surface area contributed by atoms with Crippen LogP contribution in [0.25, 0.3) is 5.69 Å². The molecule has 3 rings (SSSR count). The van der Waals surface area contributed by atoms with Gasteiger partial charge in [-0.1, -0.05) is 25.1 Å². The maximum absolute atomic E-state index is 13.0. The molecule has 0 aliphatic rings. The number of ketones is 1. The number of amides is 2. The average molecular weight is 458 g/mol. The van der Waals surface area contributed by atoms with Gasteiger partial charge in [-0.2, -0.15) is 18.3 Å². The molecule has 0 atom stereocenters. The summed E-state index contributed by atoms with van der Waals surface area (Å²) < 4.78 is 40.3. The molecule has 7 nitrogen and oxygen atoms in total. The molecule has 0 bridgehead atoms. The van der Waals surface area contributed by atoms with Crippen LogP contribution in [0.3, 0.4) is 0 Å². The number of halogens is 3. The first-order valence-corrected chi connectivity index (χ1v) is 10.0. The van der Waals surface area contributed by atoms with Crippen LogP contribution in [0.5, 0.6) is 0 Å². The number of hydrogen-bond donors (Lipinski definition) is 2. The van der Waals surface area contributed by atoms with E-state index in [4.69, 9.17) is 0 Å². The molecule has 2 amide bonds. The van der Waals surface area contributed by atoms with Crippen molar-refractivity contribution in [3.8, 4) is 5.69 Å². The Bertz CT molecular complexity index is 1210. The Kier molecular flexibility index (Phi) is 6.66. The normalized spacial score (nSPS) is 11.2.